The lowest BCUT2D eigenvalue weighted by Gasteiger charge is -2.38. The number of morpholine rings is 1. The Bertz CT molecular complexity index is 604. The summed E-state index contributed by atoms with van der Waals surface area (Å²) >= 11 is 0. The van der Waals surface area contributed by atoms with Gasteiger partial charge in [0.1, 0.15) is 0 Å². The second-order valence-corrected chi connectivity index (χ2v) is 7.48. The van der Waals surface area contributed by atoms with Crippen molar-refractivity contribution < 1.29 is 14.6 Å². The summed E-state index contributed by atoms with van der Waals surface area (Å²) in [6.07, 6.45) is 1.36. The van der Waals surface area contributed by atoms with E-state index in [0.29, 0.717) is 26.1 Å². The van der Waals surface area contributed by atoms with Gasteiger partial charge >= 0.3 is 0 Å². The highest BCUT2D eigenvalue weighted by molar-refractivity contribution is 5.86. The van der Waals surface area contributed by atoms with E-state index in [1.165, 1.54) is 5.56 Å². The first-order chi connectivity index (χ1) is 12.6. The summed E-state index contributed by atoms with van der Waals surface area (Å²) in [5.41, 5.74) is 1.02. The van der Waals surface area contributed by atoms with Crippen LogP contribution >= 0.6 is 0 Å². The Hall–Kier alpha value is -1.47. The van der Waals surface area contributed by atoms with Crippen LogP contribution in [0.25, 0.3) is 0 Å². The molecule has 2 aliphatic heterocycles. The third-order valence-electron chi connectivity index (χ3n) is 5.29. The summed E-state index contributed by atoms with van der Waals surface area (Å²) in [4.78, 5) is 17.0. The molecule has 1 aromatic carbocycles. The fraction of sp³-hybridized carbons (Fsp3) is 0.650. The summed E-state index contributed by atoms with van der Waals surface area (Å²) in [6, 6.07) is 8.20. The van der Waals surface area contributed by atoms with Gasteiger partial charge in [-0.05, 0) is 25.3 Å². The van der Waals surface area contributed by atoms with Crippen molar-refractivity contribution in [1.29, 1.82) is 0 Å². The largest absolute Gasteiger partial charge is 0.379 e. The number of hydrogen-bond acceptors (Lipinski definition) is 5. The van der Waals surface area contributed by atoms with Crippen LogP contribution in [0, 0.1) is 6.92 Å². The van der Waals surface area contributed by atoms with E-state index in [0.717, 1.165) is 51.4 Å². The molecule has 0 bridgehead atoms. The van der Waals surface area contributed by atoms with Crippen LogP contribution in [0.3, 0.4) is 0 Å². The van der Waals surface area contributed by atoms with Gasteiger partial charge in [-0.3, -0.25) is 9.69 Å². The summed E-state index contributed by atoms with van der Waals surface area (Å²) in [6.45, 7) is 8.82. The molecule has 0 spiro atoms. The minimum Gasteiger partial charge on any atom is -0.379 e. The fourth-order valence-corrected chi connectivity index (χ4v) is 3.77. The van der Waals surface area contributed by atoms with Crippen LogP contribution in [0.15, 0.2) is 24.3 Å². The van der Waals surface area contributed by atoms with Gasteiger partial charge < -0.3 is 20.1 Å². The fourth-order valence-electron chi connectivity index (χ4n) is 3.77. The minimum atomic E-state index is -1.28. The van der Waals surface area contributed by atoms with Crippen LogP contribution < -0.4 is 5.32 Å². The highest BCUT2D eigenvalue weighted by Crippen LogP contribution is 2.24. The summed E-state index contributed by atoms with van der Waals surface area (Å²) in [5.74, 6) is -0.149. The predicted octanol–water partition coefficient (Wildman–Crippen LogP) is 0.770. The van der Waals surface area contributed by atoms with Crippen LogP contribution in [0.2, 0.25) is 0 Å². The third-order valence-corrected chi connectivity index (χ3v) is 5.29. The van der Waals surface area contributed by atoms with Gasteiger partial charge in [0.2, 0.25) is 0 Å². The van der Waals surface area contributed by atoms with Gasteiger partial charge in [0.25, 0.3) is 5.91 Å². The average molecular weight is 361 g/mol. The molecule has 0 radical (unpaired) electrons. The van der Waals surface area contributed by atoms with Crippen molar-refractivity contribution in [3.63, 3.8) is 0 Å². The smallest absolute Gasteiger partial charge is 0.256 e. The number of benzene rings is 1. The standard InChI is InChI=1S/C20H31N3O3/c1-17-4-2-5-18(14-17)15-23-8-3-6-20(25,19(23)24)16-21-7-9-22-10-12-26-13-11-22/h2,4-5,14,21,25H,3,6-13,15-16H2,1H3. The van der Waals surface area contributed by atoms with E-state index in [4.69, 9.17) is 4.74 Å². The van der Waals surface area contributed by atoms with Crippen LogP contribution in [-0.2, 0) is 16.1 Å². The maximum absolute atomic E-state index is 12.8. The number of nitrogens with zero attached hydrogens (tertiary/aromatic N) is 2. The van der Waals surface area contributed by atoms with Crippen LogP contribution in [-0.4, -0.2) is 78.9 Å². The molecule has 1 atom stereocenters. The number of aryl methyl sites for hydroxylation is 1. The van der Waals surface area contributed by atoms with E-state index in [1.807, 2.05) is 12.1 Å². The van der Waals surface area contributed by atoms with Crippen LogP contribution in [0.5, 0.6) is 0 Å². The monoisotopic (exact) mass is 361 g/mol. The Morgan fingerprint density at radius 2 is 2.08 bits per heavy atom. The Balaban J connectivity index is 1.48. The van der Waals surface area contributed by atoms with Crippen molar-refractivity contribution in [2.75, 3.05) is 52.5 Å². The number of carbonyl (C=O) groups is 1. The maximum Gasteiger partial charge on any atom is 0.256 e. The normalized spacial score (nSPS) is 24.8. The Labute approximate surface area is 156 Å². The minimum absolute atomic E-state index is 0.149. The number of amides is 1. The molecule has 0 saturated carbocycles. The molecule has 2 fully saturated rings. The zero-order valence-corrected chi connectivity index (χ0v) is 15.7. The molecule has 0 aromatic heterocycles. The third kappa shape index (κ3) is 5.04. The molecule has 2 heterocycles. The molecule has 1 amide bonds. The molecule has 144 valence electrons. The Morgan fingerprint density at radius 1 is 1.27 bits per heavy atom. The Morgan fingerprint density at radius 3 is 2.85 bits per heavy atom. The van der Waals surface area contributed by atoms with Crippen molar-refractivity contribution in [3.8, 4) is 0 Å². The van der Waals surface area contributed by atoms with E-state index >= 15 is 0 Å². The molecule has 6 nitrogen and oxygen atoms in total. The van der Waals surface area contributed by atoms with Gasteiger partial charge in [-0.1, -0.05) is 29.8 Å². The molecule has 2 aliphatic rings. The highest BCUT2D eigenvalue weighted by Gasteiger charge is 2.41. The summed E-state index contributed by atoms with van der Waals surface area (Å²) in [5, 5.41) is 14.2. The average Bonchev–Trinajstić information content (AvgIpc) is 2.64. The van der Waals surface area contributed by atoms with E-state index in [9.17, 15) is 9.90 Å². The number of aliphatic hydroxyl groups is 1. The van der Waals surface area contributed by atoms with Gasteiger partial charge in [0, 0.05) is 45.8 Å². The van der Waals surface area contributed by atoms with Gasteiger partial charge in [0.05, 0.1) is 13.2 Å². The number of likely N-dealkylation sites (tertiary alicyclic amines) is 1. The summed E-state index contributed by atoms with van der Waals surface area (Å²) in [7, 11) is 0. The van der Waals surface area contributed by atoms with E-state index in [1.54, 1.807) is 4.90 Å². The topological polar surface area (TPSA) is 65.0 Å². The van der Waals surface area contributed by atoms with E-state index < -0.39 is 5.60 Å². The maximum atomic E-state index is 12.8. The van der Waals surface area contributed by atoms with E-state index in [-0.39, 0.29) is 5.91 Å². The van der Waals surface area contributed by atoms with Crippen LogP contribution in [0.1, 0.15) is 24.0 Å². The second kappa shape index (κ2) is 8.95. The molecule has 2 N–H and O–H groups in total. The highest BCUT2D eigenvalue weighted by atomic mass is 16.5. The van der Waals surface area contributed by atoms with Crippen molar-refractivity contribution >= 4 is 5.91 Å². The number of nitrogens with one attached hydrogen (secondary N) is 1. The van der Waals surface area contributed by atoms with E-state index in [2.05, 4.69) is 29.3 Å². The number of piperidine rings is 1. The van der Waals surface area contributed by atoms with Crippen molar-refractivity contribution in [1.82, 2.24) is 15.1 Å². The lowest BCUT2D eigenvalue weighted by molar-refractivity contribution is -0.157. The van der Waals surface area contributed by atoms with Gasteiger partial charge in [-0.2, -0.15) is 0 Å². The van der Waals surface area contributed by atoms with Crippen molar-refractivity contribution in [2.45, 2.75) is 31.9 Å². The molecule has 3 rings (SSSR count). The predicted molar refractivity (Wildman–Crippen MR) is 101 cm³/mol. The first-order valence-electron chi connectivity index (χ1n) is 9.65. The van der Waals surface area contributed by atoms with Gasteiger partial charge in [-0.15, -0.1) is 0 Å². The number of hydrogen-bond donors (Lipinski definition) is 2. The molecular formula is C20H31N3O3. The van der Waals surface area contributed by atoms with Crippen molar-refractivity contribution in [2.24, 2.45) is 0 Å². The first-order valence-corrected chi connectivity index (χ1v) is 9.65. The van der Waals surface area contributed by atoms with Crippen molar-refractivity contribution in [3.05, 3.63) is 35.4 Å². The molecule has 1 unspecified atom stereocenters. The molecule has 0 aliphatic carbocycles. The molecule has 1 aromatic rings. The lowest BCUT2D eigenvalue weighted by atomic mass is 9.91. The quantitative estimate of drug-likeness (QED) is 0.703. The zero-order chi connectivity index (χ0) is 18.4. The van der Waals surface area contributed by atoms with Crippen LogP contribution in [0.4, 0.5) is 0 Å². The summed E-state index contributed by atoms with van der Waals surface area (Å²) < 4.78 is 5.35. The second-order valence-electron chi connectivity index (χ2n) is 7.48. The number of carbonyl (C=O) groups excluding carboxylic acids is 1. The Kier molecular flexibility index (Phi) is 6.64. The molecule has 6 heteroatoms. The number of ether oxygens (including phenoxy) is 1. The lowest BCUT2D eigenvalue weighted by Crippen LogP contribution is -2.58. The molecule has 2 saturated heterocycles. The molecule has 26 heavy (non-hydrogen) atoms. The zero-order valence-electron chi connectivity index (χ0n) is 15.7. The molecular weight excluding hydrogens is 330 g/mol. The van der Waals surface area contributed by atoms with Gasteiger partial charge in [0.15, 0.2) is 5.60 Å². The SMILES string of the molecule is Cc1cccc(CN2CCCC(O)(CNCCN3CCOCC3)C2=O)c1. The first kappa shape index (κ1) is 19.3. The number of rotatable bonds is 7. The van der Waals surface area contributed by atoms with Gasteiger partial charge in [-0.25, -0.2) is 0 Å².